The lowest BCUT2D eigenvalue weighted by atomic mass is 9.99. The van der Waals surface area contributed by atoms with Crippen molar-refractivity contribution in [3.05, 3.63) is 83.6 Å². The molecule has 0 saturated carbocycles. The van der Waals surface area contributed by atoms with Crippen LogP contribution in [-0.4, -0.2) is 64.7 Å². The number of fused-ring (bicyclic) bond motifs is 1. The molecule has 0 saturated heterocycles. The molecule has 0 radical (unpaired) electrons. The van der Waals surface area contributed by atoms with Gasteiger partial charge in [-0.3, -0.25) is 9.69 Å². The molecule has 2 aromatic carbocycles. The minimum Gasteiger partial charge on any atom is -0.472 e. The Morgan fingerprint density at radius 2 is 1.83 bits per heavy atom. The number of aromatic nitrogens is 1. The van der Waals surface area contributed by atoms with Gasteiger partial charge in [-0.05, 0) is 32.2 Å². The summed E-state index contributed by atoms with van der Waals surface area (Å²) in [6.45, 7) is 4.75. The van der Waals surface area contributed by atoms with Crippen molar-refractivity contribution >= 4 is 5.91 Å². The number of hydrogen-bond donors (Lipinski definition) is 1. The maximum absolute atomic E-state index is 14.5. The molecule has 1 amide bonds. The number of hydrogen-bond acceptors (Lipinski definition) is 5. The lowest BCUT2D eigenvalue weighted by Crippen LogP contribution is -2.49. The van der Waals surface area contributed by atoms with Crippen molar-refractivity contribution in [3.63, 3.8) is 0 Å². The maximum atomic E-state index is 14.5. The standard InChI is InChI=1S/C28H31F2N3O3/c1-18-14-33(19(2)17-34)28(35)23-12-21(22-9-5-7-11-25(22)30)13-31-27(23)36-26(18)16-32(3)15-20-8-4-6-10-24(20)29/h4-13,18-19,26,34H,14-17H2,1-3H3/t18-,19+,26+/m1/s1. The van der Waals surface area contributed by atoms with Gasteiger partial charge in [0.2, 0.25) is 5.88 Å². The van der Waals surface area contributed by atoms with Crippen molar-refractivity contribution in [2.45, 2.75) is 32.5 Å². The summed E-state index contributed by atoms with van der Waals surface area (Å²) < 4.78 is 34.9. The Morgan fingerprint density at radius 1 is 1.14 bits per heavy atom. The fourth-order valence-electron chi connectivity index (χ4n) is 4.45. The van der Waals surface area contributed by atoms with E-state index in [2.05, 4.69) is 4.98 Å². The van der Waals surface area contributed by atoms with Gasteiger partial charge < -0.3 is 14.7 Å². The van der Waals surface area contributed by atoms with Crippen LogP contribution in [0.4, 0.5) is 8.78 Å². The van der Waals surface area contributed by atoms with Crippen LogP contribution in [0.2, 0.25) is 0 Å². The van der Waals surface area contributed by atoms with Gasteiger partial charge in [-0.15, -0.1) is 0 Å². The molecule has 1 N–H and O–H groups in total. The molecule has 0 bridgehead atoms. The third-order valence-corrected chi connectivity index (χ3v) is 6.60. The molecular formula is C28H31F2N3O3. The highest BCUT2D eigenvalue weighted by Gasteiger charge is 2.34. The number of pyridine rings is 1. The van der Waals surface area contributed by atoms with E-state index in [1.165, 1.54) is 18.3 Å². The van der Waals surface area contributed by atoms with Gasteiger partial charge in [0.05, 0.1) is 12.6 Å². The predicted molar refractivity (Wildman–Crippen MR) is 134 cm³/mol. The lowest BCUT2D eigenvalue weighted by Gasteiger charge is -2.37. The largest absolute Gasteiger partial charge is 0.472 e. The Balaban J connectivity index is 1.67. The molecule has 1 aliphatic heterocycles. The average molecular weight is 496 g/mol. The van der Waals surface area contributed by atoms with Crippen LogP contribution >= 0.6 is 0 Å². The molecule has 1 aromatic heterocycles. The molecular weight excluding hydrogens is 464 g/mol. The normalized spacial score (nSPS) is 18.9. The summed E-state index contributed by atoms with van der Waals surface area (Å²) in [4.78, 5) is 21.6. The monoisotopic (exact) mass is 495 g/mol. The molecule has 6 nitrogen and oxygen atoms in total. The van der Waals surface area contributed by atoms with E-state index >= 15 is 0 Å². The Kier molecular flexibility index (Phi) is 7.96. The number of aliphatic hydroxyl groups is 1. The van der Waals surface area contributed by atoms with Crippen molar-refractivity contribution < 1.29 is 23.4 Å². The summed E-state index contributed by atoms with van der Waals surface area (Å²) in [6.07, 6.45) is 1.13. The minimum atomic E-state index is -0.431. The first-order valence-electron chi connectivity index (χ1n) is 12.0. The first kappa shape index (κ1) is 25.7. The quantitative estimate of drug-likeness (QED) is 0.527. The van der Waals surface area contributed by atoms with Gasteiger partial charge in [-0.1, -0.05) is 43.3 Å². The second-order valence-corrected chi connectivity index (χ2v) is 9.47. The zero-order valence-corrected chi connectivity index (χ0v) is 20.7. The average Bonchev–Trinajstić information content (AvgIpc) is 2.87. The maximum Gasteiger partial charge on any atom is 0.259 e. The third-order valence-electron chi connectivity index (χ3n) is 6.60. The molecule has 8 heteroatoms. The third kappa shape index (κ3) is 5.55. The van der Waals surface area contributed by atoms with E-state index in [1.54, 1.807) is 54.3 Å². The van der Waals surface area contributed by atoms with Gasteiger partial charge >= 0.3 is 0 Å². The van der Waals surface area contributed by atoms with Crippen molar-refractivity contribution in [1.82, 2.24) is 14.8 Å². The van der Waals surface area contributed by atoms with E-state index in [1.807, 2.05) is 18.9 Å². The summed E-state index contributed by atoms with van der Waals surface area (Å²) in [6, 6.07) is 14.1. The van der Waals surface area contributed by atoms with E-state index in [0.29, 0.717) is 36.3 Å². The molecule has 0 unspecified atom stereocenters. The number of likely N-dealkylation sites (N-methyl/N-ethyl adjacent to an activating group) is 1. The predicted octanol–water partition coefficient (Wildman–Crippen LogP) is 4.38. The second-order valence-electron chi connectivity index (χ2n) is 9.47. The number of halogens is 2. The van der Waals surface area contributed by atoms with E-state index in [9.17, 15) is 18.7 Å². The molecule has 0 aliphatic carbocycles. The first-order valence-corrected chi connectivity index (χ1v) is 12.0. The van der Waals surface area contributed by atoms with Gasteiger partial charge in [-0.25, -0.2) is 13.8 Å². The van der Waals surface area contributed by atoms with Crippen LogP contribution < -0.4 is 4.74 Å². The van der Waals surface area contributed by atoms with Crippen LogP contribution in [0.5, 0.6) is 5.88 Å². The number of ether oxygens (including phenoxy) is 1. The van der Waals surface area contributed by atoms with Crippen LogP contribution in [0.1, 0.15) is 29.8 Å². The number of rotatable bonds is 7. The van der Waals surface area contributed by atoms with Gasteiger partial charge in [0.25, 0.3) is 5.91 Å². The zero-order valence-electron chi connectivity index (χ0n) is 20.7. The lowest BCUT2D eigenvalue weighted by molar-refractivity contribution is 0.0324. The van der Waals surface area contributed by atoms with Crippen LogP contribution in [-0.2, 0) is 6.54 Å². The summed E-state index contributed by atoms with van der Waals surface area (Å²) in [7, 11) is 1.89. The number of amides is 1. The highest BCUT2D eigenvalue weighted by Crippen LogP contribution is 2.31. The Labute approximate surface area is 210 Å². The molecule has 2 heterocycles. The number of carbonyl (C=O) groups is 1. The first-order chi connectivity index (χ1) is 17.3. The van der Waals surface area contributed by atoms with Crippen molar-refractivity contribution in [2.75, 3.05) is 26.7 Å². The molecule has 36 heavy (non-hydrogen) atoms. The molecule has 0 fully saturated rings. The highest BCUT2D eigenvalue weighted by molar-refractivity contribution is 5.98. The van der Waals surface area contributed by atoms with Crippen LogP contribution in [0, 0.1) is 17.6 Å². The molecule has 4 rings (SSSR count). The van der Waals surface area contributed by atoms with Crippen LogP contribution in [0.25, 0.3) is 11.1 Å². The van der Waals surface area contributed by atoms with E-state index in [4.69, 9.17) is 4.74 Å². The van der Waals surface area contributed by atoms with Gasteiger partial charge in [0, 0.05) is 48.4 Å². The van der Waals surface area contributed by atoms with Crippen LogP contribution in [0.15, 0.2) is 60.8 Å². The summed E-state index contributed by atoms with van der Waals surface area (Å²) in [5.74, 6) is -0.960. The van der Waals surface area contributed by atoms with Crippen molar-refractivity contribution in [2.24, 2.45) is 5.92 Å². The number of aliphatic hydroxyl groups excluding tert-OH is 1. The minimum absolute atomic E-state index is 0.104. The molecule has 1 aliphatic rings. The fraction of sp³-hybridized carbons (Fsp3) is 0.357. The molecule has 3 aromatic rings. The summed E-state index contributed by atoms with van der Waals surface area (Å²) in [5.41, 5.74) is 1.59. The zero-order chi connectivity index (χ0) is 25.8. The van der Waals surface area contributed by atoms with Crippen LogP contribution in [0.3, 0.4) is 0 Å². The Hall–Kier alpha value is -3.36. The van der Waals surface area contributed by atoms with E-state index in [-0.39, 0.29) is 41.8 Å². The second kappa shape index (κ2) is 11.1. The van der Waals surface area contributed by atoms with Gasteiger partial charge in [-0.2, -0.15) is 0 Å². The smallest absolute Gasteiger partial charge is 0.259 e. The van der Waals surface area contributed by atoms with E-state index in [0.717, 1.165) is 0 Å². The molecule has 3 atom stereocenters. The molecule has 0 spiro atoms. The topological polar surface area (TPSA) is 65.9 Å². The Morgan fingerprint density at radius 3 is 2.53 bits per heavy atom. The SMILES string of the molecule is C[C@@H]1CN([C@@H](C)CO)C(=O)c2cc(-c3ccccc3F)cnc2O[C@H]1CN(C)Cc1ccccc1F. The van der Waals surface area contributed by atoms with Crippen molar-refractivity contribution in [3.8, 4) is 17.0 Å². The van der Waals surface area contributed by atoms with Crippen molar-refractivity contribution in [1.29, 1.82) is 0 Å². The molecule has 190 valence electrons. The summed E-state index contributed by atoms with van der Waals surface area (Å²) >= 11 is 0. The Bertz CT molecular complexity index is 1220. The van der Waals surface area contributed by atoms with Gasteiger partial charge in [0.1, 0.15) is 23.3 Å². The van der Waals surface area contributed by atoms with Gasteiger partial charge in [0.15, 0.2) is 0 Å². The number of benzene rings is 2. The number of nitrogens with zero attached hydrogens (tertiary/aromatic N) is 3. The summed E-state index contributed by atoms with van der Waals surface area (Å²) in [5, 5.41) is 9.84. The van der Waals surface area contributed by atoms with E-state index < -0.39 is 11.9 Å². The fourth-order valence-corrected chi connectivity index (χ4v) is 4.45. The number of carbonyl (C=O) groups excluding carboxylic acids is 1. The highest BCUT2D eigenvalue weighted by atomic mass is 19.1.